The molecule has 0 fully saturated rings. The second kappa shape index (κ2) is 12.2. The molecule has 0 aliphatic carbocycles. The van der Waals surface area contributed by atoms with Crippen LogP contribution in [0.4, 0.5) is 0 Å². The molecule has 0 aliphatic heterocycles. The molecule has 0 aliphatic rings. The van der Waals surface area contributed by atoms with Crippen molar-refractivity contribution in [2.45, 2.75) is 19.8 Å². The maximum Gasteiger partial charge on any atom is 0.205 e. The van der Waals surface area contributed by atoms with Gasteiger partial charge in [0.05, 0.1) is 19.8 Å². The van der Waals surface area contributed by atoms with Crippen LogP contribution in [-0.4, -0.2) is 46.0 Å². The highest BCUT2D eigenvalue weighted by Crippen LogP contribution is 1.86. The summed E-state index contributed by atoms with van der Waals surface area (Å²) in [6, 6.07) is 0. The number of hydrogen-bond acceptors (Lipinski definition) is 4. The molecule has 96 valence electrons. The van der Waals surface area contributed by atoms with E-state index in [4.69, 9.17) is 15.3 Å². The van der Waals surface area contributed by atoms with Gasteiger partial charge in [0.15, 0.2) is 0 Å². The molecule has 0 aromatic heterocycles. The average molecular weight is 232 g/mol. The number of nitrogens with two attached hydrogens (primary N) is 1. The first-order valence-electron chi connectivity index (χ1n) is 5.66. The Bertz CT molecular complexity index is 176. The number of nitrogens with zero attached hydrogens (tertiary/aromatic N) is 1. The molecule has 0 aromatic carbocycles. The number of ether oxygens (including phenoxy) is 2. The zero-order valence-corrected chi connectivity index (χ0v) is 10.3. The van der Waals surface area contributed by atoms with Crippen LogP contribution in [0.2, 0.25) is 0 Å². The number of hydrazine groups is 1. The Morgan fingerprint density at radius 1 is 1.31 bits per heavy atom. The van der Waals surface area contributed by atoms with Crippen molar-refractivity contribution in [3.05, 3.63) is 0 Å². The Labute approximate surface area is 97.6 Å². The predicted molar refractivity (Wildman–Crippen MR) is 65.2 cm³/mol. The van der Waals surface area contributed by atoms with Gasteiger partial charge in [-0.3, -0.25) is 10.4 Å². The lowest BCUT2D eigenvalue weighted by Gasteiger charge is -2.09. The van der Waals surface area contributed by atoms with E-state index in [1.165, 1.54) is 0 Å². The molecule has 6 heteroatoms. The SMILES string of the molecule is CCCCN=C(NN)NCCOCCOC. The predicted octanol–water partition coefficient (Wildman–Crippen LogP) is -0.142. The summed E-state index contributed by atoms with van der Waals surface area (Å²) in [5.74, 6) is 5.93. The van der Waals surface area contributed by atoms with Crippen molar-refractivity contribution in [3.63, 3.8) is 0 Å². The van der Waals surface area contributed by atoms with Gasteiger partial charge in [-0.1, -0.05) is 13.3 Å². The van der Waals surface area contributed by atoms with Crippen molar-refractivity contribution in [3.8, 4) is 0 Å². The standard InChI is InChI=1S/C10H24N4O2/c1-3-4-5-12-10(14-11)13-6-7-16-9-8-15-2/h3-9,11H2,1-2H3,(H2,12,13,14). The highest BCUT2D eigenvalue weighted by Gasteiger charge is 1.94. The maximum absolute atomic E-state index is 5.31. The first-order chi connectivity index (χ1) is 7.85. The number of aliphatic imine (C=N–C) groups is 1. The summed E-state index contributed by atoms with van der Waals surface area (Å²) < 4.78 is 10.1. The van der Waals surface area contributed by atoms with E-state index in [1.54, 1.807) is 7.11 Å². The molecule has 4 N–H and O–H groups in total. The third-order valence-corrected chi connectivity index (χ3v) is 1.89. The lowest BCUT2D eigenvalue weighted by atomic mass is 10.3. The molecule has 0 atom stereocenters. The van der Waals surface area contributed by atoms with E-state index in [-0.39, 0.29) is 0 Å². The highest BCUT2D eigenvalue weighted by molar-refractivity contribution is 5.79. The maximum atomic E-state index is 5.31. The number of hydrogen-bond donors (Lipinski definition) is 3. The third-order valence-electron chi connectivity index (χ3n) is 1.89. The fourth-order valence-electron chi connectivity index (χ4n) is 0.987. The largest absolute Gasteiger partial charge is 0.382 e. The molecule has 0 saturated carbocycles. The molecule has 0 heterocycles. The van der Waals surface area contributed by atoms with E-state index in [1.807, 2.05) is 0 Å². The van der Waals surface area contributed by atoms with Gasteiger partial charge in [0.1, 0.15) is 0 Å². The minimum absolute atomic E-state index is 0.608. The fraction of sp³-hybridized carbons (Fsp3) is 0.900. The van der Waals surface area contributed by atoms with Gasteiger partial charge in [0.2, 0.25) is 5.96 Å². The van der Waals surface area contributed by atoms with E-state index in [2.05, 4.69) is 22.7 Å². The van der Waals surface area contributed by atoms with Gasteiger partial charge in [0, 0.05) is 20.2 Å². The van der Waals surface area contributed by atoms with Crippen LogP contribution >= 0.6 is 0 Å². The lowest BCUT2D eigenvalue weighted by molar-refractivity contribution is 0.0733. The zero-order chi connectivity index (χ0) is 12.1. The van der Waals surface area contributed by atoms with E-state index < -0.39 is 0 Å². The van der Waals surface area contributed by atoms with Crippen molar-refractivity contribution >= 4 is 5.96 Å². The summed E-state index contributed by atoms with van der Waals surface area (Å²) in [6.45, 7) is 5.43. The molecule has 0 radical (unpaired) electrons. The minimum atomic E-state index is 0.608. The van der Waals surface area contributed by atoms with Crippen molar-refractivity contribution in [2.75, 3.05) is 40.0 Å². The van der Waals surface area contributed by atoms with Gasteiger partial charge in [-0.25, -0.2) is 5.84 Å². The molecule has 0 unspecified atom stereocenters. The lowest BCUT2D eigenvalue weighted by Crippen LogP contribution is -2.43. The van der Waals surface area contributed by atoms with Gasteiger partial charge in [-0.05, 0) is 6.42 Å². The summed E-state index contributed by atoms with van der Waals surface area (Å²) in [5.41, 5.74) is 2.52. The van der Waals surface area contributed by atoms with Gasteiger partial charge in [-0.2, -0.15) is 0 Å². The topological polar surface area (TPSA) is 80.9 Å². The van der Waals surface area contributed by atoms with Crippen molar-refractivity contribution in [2.24, 2.45) is 10.8 Å². The summed E-state index contributed by atoms with van der Waals surface area (Å²) >= 11 is 0. The molecule has 0 aromatic rings. The Hall–Kier alpha value is -0.850. The Kier molecular flexibility index (Phi) is 11.6. The summed E-state index contributed by atoms with van der Waals surface area (Å²) in [6.07, 6.45) is 2.19. The average Bonchev–Trinajstić information content (AvgIpc) is 2.31. The van der Waals surface area contributed by atoms with Crippen LogP contribution in [0.15, 0.2) is 4.99 Å². The van der Waals surface area contributed by atoms with Crippen molar-refractivity contribution in [1.82, 2.24) is 10.7 Å². The molecular formula is C10H24N4O2. The Balaban J connectivity index is 3.43. The van der Waals surface area contributed by atoms with Gasteiger partial charge >= 0.3 is 0 Å². The first kappa shape index (κ1) is 15.2. The Morgan fingerprint density at radius 2 is 2.12 bits per heavy atom. The summed E-state index contributed by atoms with van der Waals surface area (Å²) in [5, 5.41) is 3.05. The molecule has 6 nitrogen and oxygen atoms in total. The molecular weight excluding hydrogens is 208 g/mol. The van der Waals surface area contributed by atoms with E-state index in [0.29, 0.717) is 32.3 Å². The first-order valence-corrected chi connectivity index (χ1v) is 5.66. The zero-order valence-electron chi connectivity index (χ0n) is 10.3. The quantitative estimate of drug-likeness (QED) is 0.169. The van der Waals surface area contributed by atoms with Gasteiger partial charge in [0.25, 0.3) is 0 Å². The fourth-order valence-corrected chi connectivity index (χ4v) is 0.987. The van der Waals surface area contributed by atoms with Crippen LogP contribution in [0.25, 0.3) is 0 Å². The van der Waals surface area contributed by atoms with Gasteiger partial charge in [-0.15, -0.1) is 0 Å². The second-order valence-corrected chi connectivity index (χ2v) is 3.26. The molecule has 0 spiro atoms. The smallest absolute Gasteiger partial charge is 0.205 e. The minimum Gasteiger partial charge on any atom is -0.382 e. The molecule has 0 rings (SSSR count). The van der Waals surface area contributed by atoms with Crippen molar-refractivity contribution < 1.29 is 9.47 Å². The van der Waals surface area contributed by atoms with Crippen LogP contribution in [0, 0.1) is 0 Å². The number of methoxy groups -OCH3 is 1. The molecule has 0 amide bonds. The Morgan fingerprint density at radius 3 is 2.75 bits per heavy atom. The van der Waals surface area contributed by atoms with Gasteiger partial charge < -0.3 is 14.8 Å². The third kappa shape index (κ3) is 9.70. The van der Waals surface area contributed by atoms with Crippen molar-refractivity contribution in [1.29, 1.82) is 0 Å². The van der Waals surface area contributed by atoms with Crippen LogP contribution in [0.5, 0.6) is 0 Å². The second-order valence-electron chi connectivity index (χ2n) is 3.26. The van der Waals surface area contributed by atoms with Crippen LogP contribution in [0.3, 0.4) is 0 Å². The molecule has 0 saturated heterocycles. The van der Waals surface area contributed by atoms with Crippen LogP contribution in [0.1, 0.15) is 19.8 Å². The number of unbranched alkanes of at least 4 members (excludes halogenated alkanes) is 1. The van der Waals surface area contributed by atoms with Crippen LogP contribution in [-0.2, 0) is 9.47 Å². The summed E-state index contributed by atoms with van der Waals surface area (Å²) in [7, 11) is 1.65. The van der Waals surface area contributed by atoms with E-state index in [9.17, 15) is 0 Å². The van der Waals surface area contributed by atoms with E-state index >= 15 is 0 Å². The van der Waals surface area contributed by atoms with Crippen LogP contribution < -0.4 is 16.6 Å². The molecule has 0 bridgehead atoms. The highest BCUT2D eigenvalue weighted by atomic mass is 16.5. The summed E-state index contributed by atoms with van der Waals surface area (Å²) in [4.78, 5) is 4.26. The normalized spacial score (nSPS) is 11.6. The monoisotopic (exact) mass is 232 g/mol. The van der Waals surface area contributed by atoms with E-state index in [0.717, 1.165) is 19.4 Å². The molecule has 16 heavy (non-hydrogen) atoms. The number of nitrogens with one attached hydrogen (secondary N) is 2. The number of guanidine groups is 1. The number of rotatable bonds is 9.